The summed E-state index contributed by atoms with van der Waals surface area (Å²) < 4.78 is 5.52. The van der Waals surface area contributed by atoms with Crippen molar-refractivity contribution in [3.05, 3.63) is 46.3 Å². The van der Waals surface area contributed by atoms with Crippen molar-refractivity contribution in [1.29, 1.82) is 0 Å². The number of azide groups is 1. The first-order chi connectivity index (χ1) is 9.55. The smallest absolute Gasteiger partial charge is 0.194 e. The van der Waals surface area contributed by atoms with E-state index in [-0.39, 0.29) is 4.43 Å². The molecule has 1 aliphatic rings. The number of hydrogen-bond acceptors (Lipinski definition) is 5. The Morgan fingerprint density at radius 1 is 1.45 bits per heavy atom. The molecular weight excluding hydrogens is 377 g/mol. The fourth-order valence-corrected chi connectivity index (χ4v) is 2.85. The molecule has 1 aromatic rings. The Morgan fingerprint density at radius 2 is 2.10 bits per heavy atom. The zero-order chi connectivity index (χ0) is 14.8. The van der Waals surface area contributed by atoms with Crippen LogP contribution in [0.15, 0.2) is 35.4 Å². The quantitative estimate of drug-likeness (QED) is 0.202. The van der Waals surface area contributed by atoms with Crippen molar-refractivity contribution in [2.75, 3.05) is 4.43 Å². The number of ether oxygens (including phenoxy) is 1. The minimum atomic E-state index is -1.62. The van der Waals surface area contributed by atoms with Crippen LogP contribution in [0.5, 0.6) is 0 Å². The Bertz CT molecular complexity index is 549. The highest BCUT2D eigenvalue weighted by molar-refractivity contribution is 14.1. The maximum absolute atomic E-state index is 12.3. The third kappa shape index (κ3) is 2.52. The highest BCUT2D eigenvalue weighted by atomic mass is 127. The molecular formula is C12H12IN3O4. The molecule has 1 unspecified atom stereocenters. The summed E-state index contributed by atoms with van der Waals surface area (Å²) >= 11 is 1.87. The second-order valence-electron chi connectivity index (χ2n) is 4.37. The number of hydrogen-bond donors (Lipinski definition) is 2. The van der Waals surface area contributed by atoms with Gasteiger partial charge in [-0.1, -0.05) is 58.0 Å². The van der Waals surface area contributed by atoms with E-state index in [2.05, 4.69) is 10.0 Å². The summed E-state index contributed by atoms with van der Waals surface area (Å²) in [6.45, 7) is 0. The molecule has 0 radical (unpaired) electrons. The second-order valence-corrected chi connectivity index (χ2v) is 5.13. The van der Waals surface area contributed by atoms with Crippen molar-refractivity contribution in [2.24, 2.45) is 5.11 Å². The summed E-state index contributed by atoms with van der Waals surface area (Å²) in [5.74, 6) is -0.461. The van der Waals surface area contributed by atoms with Gasteiger partial charge >= 0.3 is 0 Å². The summed E-state index contributed by atoms with van der Waals surface area (Å²) in [5, 5.41) is 23.4. The Hall–Kier alpha value is -1.19. The number of Topliss-reactive ketones (excluding diaryl/α,β-unsaturated/α-hetero) is 1. The fourth-order valence-electron chi connectivity index (χ4n) is 2.06. The molecule has 0 bridgehead atoms. The molecule has 8 heteroatoms. The van der Waals surface area contributed by atoms with Gasteiger partial charge in [0, 0.05) is 14.9 Å². The van der Waals surface area contributed by atoms with E-state index in [1.807, 2.05) is 22.6 Å². The van der Waals surface area contributed by atoms with Crippen LogP contribution in [0.2, 0.25) is 0 Å². The van der Waals surface area contributed by atoms with Gasteiger partial charge in [-0.3, -0.25) is 4.79 Å². The number of aliphatic hydroxyl groups is 2. The van der Waals surface area contributed by atoms with Crippen LogP contribution in [0.4, 0.5) is 0 Å². The van der Waals surface area contributed by atoms with Crippen molar-refractivity contribution >= 4 is 28.4 Å². The molecule has 7 nitrogen and oxygen atoms in total. The Kier molecular flexibility index (Phi) is 4.61. The minimum absolute atomic E-state index is 0.117. The van der Waals surface area contributed by atoms with Crippen LogP contribution in [0, 0.1) is 0 Å². The highest BCUT2D eigenvalue weighted by Crippen LogP contribution is 2.35. The first-order valence-electron chi connectivity index (χ1n) is 5.81. The van der Waals surface area contributed by atoms with Crippen LogP contribution < -0.4 is 0 Å². The van der Waals surface area contributed by atoms with Crippen LogP contribution in [0.25, 0.3) is 10.4 Å². The molecule has 2 N–H and O–H groups in total. The van der Waals surface area contributed by atoms with E-state index in [0.29, 0.717) is 5.56 Å². The lowest BCUT2D eigenvalue weighted by Gasteiger charge is -2.23. The lowest BCUT2D eigenvalue weighted by atomic mass is 9.99. The molecule has 1 fully saturated rings. The molecule has 106 valence electrons. The molecule has 1 saturated heterocycles. The molecule has 4 atom stereocenters. The maximum atomic E-state index is 12.3. The maximum Gasteiger partial charge on any atom is 0.194 e. The molecule has 20 heavy (non-hydrogen) atoms. The third-order valence-electron chi connectivity index (χ3n) is 3.15. The normalized spacial score (nSPS) is 32.6. The van der Waals surface area contributed by atoms with Gasteiger partial charge in [0.1, 0.15) is 18.3 Å². The van der Waals surface area contributed by atoms with Crippen LogP contribution in [-0.4, -0.2) is 44.5 Å². The van der Waals surface area contributed by atoms with E-state index in [4.69, 9.17) is 10.3 Å². The molecule has 0 amide bonds. The number of ketones is 1. The standard InChI is InChI=1S/C12H12IN3O4/c13-6-12(15-16-14)11(19)9(18)10(20-12)8(17)7-4-2-1-3-5-7/h1-5,9-11,18-19H,6H2/t9?,10-,11-,12+/m0/s1. The van der Waals surface area contributed by atoms with Crippen LogP contribution in [0.3, 0.4) is 0 Å². The minimum Gasteiger partial charge on any atom is -0.387 e. The fraction of sp³-hybridized carbons (Fsp3) is 0.417. The summed E-state index contributed by atoms with van der Waals surface area (Å²) in [5.41, 5.74) is 7.30. The molecule has 0 saturated carbocycles. The predicted octanol–water partition coefficient (Wildman–Crippen LogP) is 1.43. The number of benzene rings is 1. The van der Waals surface area contributed by atoms with Crippen molar-refractivity contribution in [3.63, 3.8) is 0 Å². The zero-order valence-corrected chi connectivity index (χ0v) is 12.4. The number of carbonyl (C=O) groups is 1. The Balaban J connectivity index is 2.31. The summed E-state index contributed by atoms with van der Waals surface area (Å²) in [6, 6.07) is 8.30. The summed E-state index contributed by atoms with van der Waals surface area (Å²) in [6.07, 6.45) is -4.15. The van der Waals surface area contributed by atoms with Gasteiger partial charge in [-0.25, -0.2) is 0 Å². The van der Waals surface area contributed by atoms with Crippen molar-refractivity contribution < 1.29 is 19.7 Å². The number of halogens is 1. The van der Waals surface area contributed by atoms with Gasteiger partial charge in [-0.15, -0.1) is 0 Å². The van der Waals surface area contributed by atoms with Crippen LogP contribution >= 0.6 is 22.6 Å². The van der Waals surface area contributed by atoms with Gasteiger partial charge in [-0.05, 0) is 5.53 Å². The predicted molar refractivity (Wildman–Crippen MR) is 78.4 cm³/mol. The Labute approximate surface area is 128 Å². The monoisotopic (exact) mass is 389 g/mol. The third-order valence-corrected chi connectivity index (χ3v) is 4.24. The average molecular weight is 389 g/mol. The molecule has 1 heterocycles. The number of carbonyl (C=O) groups excluding carboxylic acids is 1. The topological polar surface area (TPSA) is 116 Å². The van der Waals surface area contributed by atoms with Crippen LogP contribution in [-0.2, 0) is 4.74 Å². The van der Waals surface area contributed by atoms with Crippen molar-refractivity contribution in [2.45, 2.75) is 24.0 Å². The molecule has 1 aliphatic heterocycles. The van der Waals surface area contributed by atoms with E-state index >= 15 is 0 Å². The van der Waals surface area contributed by atoms with Gasteiger partial charge in [0.25, 0.3) is 0 Å². The first kappa shape index (κ1) is 15.2. The second kappa shape index (κ2) is 6.06. The molecule has 0 spiro atoms. The zero-order valence-electron chi connectivity index (χ0n) is 10.3. The highest BCUT2D eigenvalue weighted by Gasteiger charge is 2.55. The SMILES string of the molecule is [N-]=[N+]=N[C@]1(CI)O[C@@H](C(=O)c2ccccc2)C(O)[C@@H]1O. The molecule has 0 aliphatic carbocycles. The number of nitrogens with zero attached hydrogens (tertiary/aromatic N) is 3. The summed E-state index contributed by atoms with van der Waals surface area (Å²) in [4.78, 5) is 14.9. The largest absolute Gasteiger partial charge is 0.387 e. The summed E-state index contributed by atoms with van der Waals surface area (Å²) in [7, 11) is 0. The van der Waals surface area contributed by atoms with E-state index < -0.39 is 29.8 Å². The number of alkyl halides is 1. The van der Waals surface area contributed by atoms with E-state index in [1.165, 1.54) is 0 Å². The van der Waals surface area contributed by atoms with Gasteiger partial charge in [0.05, 0.1) is 0 Å². The molecule has 2 rings (SSSR count). The lowest BCUT2D eigenvalue weighted by Crippen LogP contribution is -2.42. The van der Waals surface area contributed by atoms with Gasteiger partial charge in [0.2, 0.25) is 0 Å². The molecule has 0 aromatic heterocycles. The van der Waals surface area contributed by atoms with E-state index in [9.17, 15) is 15.0 Å². The lowest BCUT2D eigenvalue weighted by molar-refractivity contribution is -0.0517. The molecule has 1 aromatic carbocycles. The van der Waals surface area contributed by atoms with Crippen molar-refractivity contribution in [3.8, 4) is 0 Å². The van der Waals surface area contributed by atoms with Crippen LogP contribution in [0.1, 0.15) is 10.4 Å². The van der Waals surface area contributed by atoms with Gasteiger partial charge in [0.15, 0.2) is 11.5 Å². The van der Waals surface area contributed by atoms with Gasteiger partial charge < -0.3 is 14.9 Å². The number of aliphatic hydroxyl groups excluding tert-OH is 2. The number of rotatable bonds is 4. The van der Waals surface area contributed by atoms with Gasteiger partial charge in [-0.2, -0.15) is 0 Å². The van der Waals surface area contributed by atoms with E-state index in [1.54, 1.807) is 30.3 Å². The van der Waals surface area contributed by atoms with Crippen molar-refractivity contribution in [1.82, 2.24) is 0 Å². The van der Waals surface area contributed by atoms with E-state index in [0.717, 1.165) is 0 Å². The average Bonchev–Trinajstić information content (AvgIpc) is 2.73. The Morgan fingerprint density at radius 3 is 2.65 bits per heavy atom. The first-order valence-corrected chi connectivity index (χ1v) is 7.34.